The summed E-state index contributed by atoms with van der Waals surface area (Å²) in [5.41, 5.74) is 1.94. The van der Waals surface area contributed by atoms with Crippen molar-refractivity contribution in [3.05, 3.63) is 77.9 Å². The maximum absolute atomic E-state index is 13.0. The van der Waals surface area contributed by atoms with Crippen LogP contribution in [-0.2, 0) is 4.57 Å². The molecular formula is C16H14ClOP. The molecule has 0 aromatic heterocycles. The molecule has 1 aliphatic rings. The van der Waals surface area contributed by atoms with E-state index in [1.54, 1.807) is 0 Å². The summed E-state index contributed by atoms with van der Waals surface area (Å²) < 4.78 is 13.0. The zero-order chi connectivity index (χ0) is 13.3. The Morgan fingerprint density at radius 3 is 2.16 bits per heavy atom. The molecule has 1 aliphatic heterocycles. The van der Waals surface area contributed by atoms with Crippen LogP contribution in [-0.4, -0.2) is 0 Å². The smallest absolute Gasteiger partial charge is 0.205 e. The first kappa shape index (κ1) is 12.7. The Hall–Kier alpha value is -1.30. The van der Waals surface area contributed by atoms with Gasteiger partial charge >= 0.3 is 0 Å². The van der Waals surface area contributed by atoms with E-state index in [0.717, 1.165) is 22.9 Å². The molecule has 2 aromatic rings. The van der Waals surface area contributed by atoms with Crippen molar-refractivity contribution in [1.29, 1.82) is 0 Å². The number of benzene rings is 2. The summed E-state index contributed by atoms with van der Waals surface area (Å²) in [6.07, 6.45) is 2.77. The zero-order valence-electron chi connectivity index (χ0n) is 10.4. The fraction of sp³-hybridized carbons (Fsp3) is 0.125. The van der Waals surface area contributed by atoms with Gasteiger partial charge < -0.3 is 4.57 Å². The van der Waals surface area contributed by atoms with E-state index >= 15 is 0 Å². The van der Waals surface area contributed by atoms with Gasteiger partial charge in [-0.1, -0.05) is 66.7 Å². The minimum absolute atomic E-state index is 0.0921. The standard InChI is InChI=1S/C16H14ClOP/c17-19(18)15(13-7-3-1-4-8-13)11-12-16(19)14-9-5-2-6-10-14/h1-11,16H,12H2. The molecule has 0 saturated heterocycles. The maximum atomic E-state index is 13.0. The summed E-state index contributed by atoms with van der Waals surface area (Å²) in [6, 6.07) is 19.7. The van der Waals surface area contributed by atoms with Gasteiger partial charge in [-0.05, 0) is 28.8 Å². The van der Waals surface area contributed by atoms with Crippen molar-refractivity contribution < 1.29 is 4.57 Å². The van der Waals surface area contributed by atoms with Gasteiger partial charge in [0.15, 0.2) is 0 Å². The van der Waals surface area contributed by atoms with Crippen LogP contribution in [0, 0.1) is 0 Å². The largest absolute Gasteiger partial charge is 0.301 e. The van der Waals surface area contributed by atoms with Gasteiger partial charge in [-0.25, -0.2) is 0 Å². The molecule has 96 valence electrons. The number of halogens is 1. The number of allylic oxidation sites excluding steroid dienone is 1. The van der Waals surface area contributed by atoms with E-state index < -0.39 is 6.49 Å². The highest BCUT2D eigenvalue weighted by Gasteiger charge is 2.40. The summed E-state index contributed by atoms with van der Waals surface area (Å²) >= 11 is 6.46. The second kappa shape index (κ2) is 5.00. The molecular weight excluding hydrogens is 275 g/mol. The van der Waals surface area contributed by atoms with Gasteiger partial charge in [0.1, 0.15) is 0 Å². The lowest BCUT2D eigenvalue weighted by Crippen LogP contribution is -1.92. The van der Waals surface area contributed by atoms with Crippen LogP contribution in [0.15, 0.2) is 66.7 Å². The summed E-state index contributed by atoms with van der Waals surface area (Å²) in [5.74, 6) is 0. The predicted octanol–water partition coefficient (Wildman–Crippen LogP) is 5.69. The highest BCUT2D eigenvalue weighted by Crippen LogP contribution is 2.76. The molecule has 2 aromatic carbocycles. The SMILES string of the molecule is O=P1(Cl)C(c2ccccc2)=CCC1c1ccccc1. The highest BCUT2D eigenvalue weighted by atomic mass is 35.7. The van der Waals surface area contributed by atoms with Gasteiger partial charge in [0.05, 0.1) is 5.66 Å². The summed E-state index contributed by atoms with van der Waals surface area (Å²) in [4.78, 5) is 0. The Balaban J connectivity index is 1.98. The third kappa shape index (κ3) is 2.29. The van der Waals surface area contributed by atoms with Gasteiger partial charge in [-0.15, -0.1) is 0 Å². The second-order valence-corrected chi connectivity index (χ2v) is 8.46. The lowest BCUT2D eigenvalue weighted by molar-refractivity contribution is 0.584. The van der Waals surface area contributed by atoms with E-state index in [1.807, 2.05) is 66.7 Å². The summed E-state index contributed by atoms with van der Waals surface area (Å²) in [6.45, 7) is -2.87. The number of hydrogen-bond donors (Lipinski definition) is 0. The topological polar surface area (TPSA) is 17.1 Å². The molecule has 0 saturated carbocycles. The molecule has 1 heterocycles. The molecule has 0 fully saturated rings. The first-order valence-electron chi connectivity index (χ1n) is 6.30. The Kier molecular flexibility index (Phi) is 3.35. The van der Waals surface area contributed by atoms with E-state index in [0.29, 0.717) is 0 Å². The Morgan fingerprint density at radius 2 is 1.53 bits per heavy atom. The predicted molar refractivity (Wildman–Crippen MR) is 81.7 cm³/mol. The average Bonchev–Trinajstić information content (AvgIpc) is 2.76. The average molecular weight is 289 g/mol. The minimum atomic E-state index is -2.87. The van der Waals surface area contributed by atoms with E-state index in [1.165, 1.54) is 0 Å². The van der Waals surface area contributed by atoms with Crippen molar-refractivity contribution in [2.75, 3.05) is 0 Å². The highest BCUT2D eigenvalue weighted by molar-refractivity contribution is 7.97. The first-order chi connectivity index (χ1) is 9.19. The molecule has 3 rings (SSSR count). The van der Waals surface area contributed by atoms with E-state index in [4.69, 9.17) is 11.2 Å². The van der Waals surface area contributed by atoms with E-state index in [-0.39, 0.29) is 5.66 Å². The normalized spacial score (nSPS) is 26.2. The molecule has 19 heavy (non-hydrogen) atoms. The fourth-order valence-corrected chi connectivity index (χ4v) is 5.76. The molecule has 0 bridgehead atoms. The zero-order valence-corrected chi connectivity index (χ0v) is 12.0. The summed E-state index contributed by atoms with van der Waals surface area (Å²) in [7, 11) is 0. The Morgan fingerprint density at radius 1 is 0.947 bits per heavy atom. The van der Waals surface area contributed by atoms with Crippen LogP contribution >= 0.6 is 17.7 Å². The summed E-state index contributed by atoms with van der Waals surface area (Å²) in [5, 5.41) is 0.809. The minimum Gasteiger partial charge on any atom is -0.301 e. The van der Waals surface area contributed by atoms with Crippen molar-refractivity contribution in [3.63, 3.8) is 0 Å². The van der Waals surface area contributed by atoms with Crippen molar-refractivity contribution in [2.24, 2.45) is 0 Å². The van der Waals surface area contributed by atoms with Crippen molar-refractivity contribution in [2.45, 2.75) is 12.1 Å². The van der Waals surface area contributed by atoms with Crippen molar-refractivity contribution in [1.82, 2.24) is 0 Å². The molecule has 0 spiro atoms. The van der Waals surface area contributed by atoms with Crippen LogP contribution in [0.5, 0.6) is 0 Å². The number of hydrogen-bond acceptors (Lipinski definition) is 1. The van der Waals surface area contributed by atoms with Crippen LogP contribution < -0.4 is 0 Å². The van der Waals surface area contributed by atoms with Crippen LogP contribution in [0.1, 0.15) is 23.2 Å². The van der Waals surface area contributed by atoms with Crippen LogP contribution in [0.3, 0.4) is 0 Å². The first-order valence-corrected chi connectivity index (χ1v) is 8.98. The van der Waals surface area contributed by atoms with Gasteiger partial charge in [0.2, 0.25) is 6.49 Å². The van der Waals surface area contributed by atoms with Gasteiger partial charge in [0, 0.05) is 5.31 Å². The number of rotatable bonds is 2. The molecule has 0 aliphatic carbocycles. The lowest BCUT2D eigenvalue weighted by atomic mass is 10.1. The van der Waals surface area contributed by atoms with E-state index in [9.17, 15) is 4.57 Å². The Bertz CT molecular complexity index is 649. The van der Waals surface area contributed by atoms with Crippen LogP contribution in [0.4, 0.5) is 0 Å². The maximum Gasteiger partial charge on any atom is 0.205 e. The molecule has 2 atom stereocenters. The molecule has 3 heteroatoms. The molecule has 0 N–H and O–H groups in total. The monoisotopic (exact) mass is 288 g/mol. The second-order valence-electron chi connectivity index (χ2n) is 4.69. The van der Waals surface area contributed by atoms with Crippen LogP contribution in [0.2, 0.25) is 0 Å². The van der Waals surface area contributed by atoms with Crippen LogP contribution in [0.25, 0.3) is 5.31 Å². The van der Waals surface area contributed by atoms with Crippen molar-refractivity contribution >= 4 is 23.0 Å². The third-order valence-electron chi connectivity index (χ3n) is 3.52. The van der Waals surface area contributed by atoms with Gasteiger partial charge in [0.25, 0.3) is 0 Å². The molecule has 2 unspecified atom stereocenters. The van der Waals surface area contributed by atoms with Gasteiger partial charge in [-0.3, -0.25) is 0 Å². The quantitative estimate of drug-likeness (QED) is 0.649. The molecule has 0 radical (unpaired) electrons. The van der Waals surface area contributed by atoms with Gasteiger partial charge in [-0.2, -0.15) is 0 Å². The third-order valence-corrected chi connectivity index (χ3v) is 7.18. The fourth-order valence-electron chi connectivity index (χ4n) is 2.56. The molecule has 1 nitrogen and oxygen atoms in total. The van der Waals surface area contributed by atoms with Crippen molar-refractivity contribution in [3.8, 4) is 0 Å². The Labute approximate surface area is 118 Å². The molecule has 0 amide bonds. The lowest BCUT2D eigenvalue weighted by Gasteiger charge is -2.18. The van der Waals surface area contributed by atoms with E-state index in [2.05, 4.69) is 0 Å².